The van der Waals surface area contributed by atoms with E-state index in [-0.39, 0.29) is 11.8 Å². The van der Waals surface area contributed by atoms with Crippen LogP contribution in [0.25, 0.3) is 0 Å². The monoisotopic (exact) mass is 401 g/mol. The summed E-state index contributed by atoms with van der Waals surface area (Å²) in [4.78, 5) is 17.2. The molecule has 1 aliphatic heterocycles. The Balaban J connectivity index is 1.55. The summed E-state index contributed by atoms with van der Waals surface area (Å²) in [6.07, 6.45) is 3.79. The topological polar surface area (TPSA) is 110 Å². The van der Waals surface area contributed by atoms with Gasteiger partial charge in [0.2, 0.25) is 0 Å². The summed E-state index contributed by atoms with van der Waals surface area (Å²) in [7, 11) is 1.90. The minimum absolute atomic E-state index is 0.0282. The lowest BCUT2D eigenvalue weighted by atomic mass is 10.1. The number of ether oxygens (including phenoxy) is 1. The first-order valence-corrected chi connectivity index (χ1v) is 9.68. The second kappa shape index (κ2) is 9.87. The van der Waals surface area contributed by atoms with Crippen LogP contribution in [0.3, 0.4) is 0 Å². The Hall–Kier alpha value is -3.14. The van der Waals surface area contributed by atoms with Crippen molar-refractivity contribution in [3.8, 4) is 0 Å². The molecule has 10 heteroatoms. The van der Waals surface area contributed by atoms with Gasteiger partial charge in [-0.25, -0.2) is 0 Å². The van der Waals surface area contributed by atoms with E-state index in [0.717, 1.165) is 30.3 Å². The van der Waals surface area contributed by atoms with Gasteiger partial charge in [0.05, 0.1) is 30.8 Å². The number of hydrogen-bond acceptors (Lipinski definition) is 6. The second-order valence-electron chi connectivity index (χ2n) is 6.72. The molecule has 1 aromatic carbocycles. The standard InChI is InChI=1S/C19H27N7O3/c1-3-20-19(22-9-8-21-16-4-6-17(7-5-16)26(27)28)25-10-11-29-18(14-25)15-12-23-24(2)13-15/h4-7,12-13,18,21H,3,8-11,14H2,1-2H3,(H,20,22). The van der Waals surface area contributed by atoms with Crippen LogP contribution in [0.2, 0.25) is 0 Å². The van der Waals surface area contributed by atoms with Gasteiger partial charge in [0.1, 0.15) is 6.10 Å². The van der Waals surface area contributed by atoms with Crippen molar-refractivity contribution in [3.05, 3.63) is 52.3 Å². The van der Waals surface area contributed by atoms with Gasteiger partial charge in [0, 0.05) is 56.3 Å². The Kier molecular flexibility index (Phi) is 7.01. The first-order chi connectivity index (χ1) is 14.1. The van der Waals surface area contributed by atoms with Crippen LogP contribution in [0.5, 0.6) is 0 Å². The van der Waals surface area contributed by atoms with Gasteiger partial charge in [-0.2, -0.15) is 5.10 Å². The van der Waals surface area contributed by atoms with Crippen LogP contribution >= 0.6 is 0 Å². The van der Waals surface area contributed by atoms with Crippen LogP contribution in [-0.2, 0) is 11.8 Å². The second-order valence-corrected chi connectivity index (χ2v) is 6.72. The first kappa shape index (κ1) is 20.6. The predicted octanol–water partition coefficient (Wildman–Crippen LogP) is 1.78. The Morgan fingerprint density at radius 1 is 1.41 bits per heavy atom. The third kappa shape index (κ3) is 5.67. The maximum atomic E-state index is 10.7. The van der Waals surface area contributed by atoms with Crippen LogP contribution in [0.1, 0.15) is 18.6 Å². The fourth-order valence-electron chi connectivity index (χ4n) is 3.14. The molecule has 0 radical (unpaired) electrons. The minimum atomic E-state index is -0.405. The van der Waals surface area contributed by atoms with Crippen molar-refractivity contribution in [1.82, 2.24) is 20.0 Å². The molecule has 0 aliphatic carbocycles. The molecule has 2 heterocycles. The molecule has 1 aliphatic rings. The van der Waals surface area contributed by atoms with E-state index >= 15 is 0 Å². The van der Waals surface area contributed by atoms with Crippen molar-refractivity contribution in [2.75, 3.05) is 44.6 Å². The van der Waals surface area contributed by atoms with Gasteiger partial charge in [-0.15, -0.1) is 0 Å². The van der Waals surface area contributed by atoms with Gasteiger partial charge in [0.25, 0.3) is 5.69 Å². The molecule has 2 aromatic rings. The van der Waals surface area contributed by atoms with Crippen LogP contribution in [0.4, 0.5) is 11.4 Å². The molecule has 1 saturated heterocycles. The van der Waals surface area contributed by atoms with E-state index in [1.807, 2.05) is 26.4 Å². The molecule has 1 fully saturated rings. The zero-order valence-corrected chi connectivity index (χ0v) is 16.7. The molecule has 10 nitrogen and oxygen atoms in total. The zero-order valence-electron chi connectivity index (χ0n) is 16.7. The van der Waals surface area contributed by atoms with Crippen LogP contribution in [-0.4, -0.2) is 64.9 Å². The van der Waals surface area contributed by atoms with Gasteiger partial charge in [0.15, 0.2) is 5.96 Å². The number of aliphatic imine (C=N–C) groups is 1. The van der Waals surface area contributed by atoms with Gasteiger partial charge in [-0.3, -0.25) is 19.8 Å². The SMILES string of the molecule is CCNC(=NCCNc1ccc([N+](=O)[O-])cc1)N1CCOC(c2cnn(C)c2)C1. The van der Waals surface area contributed by atoms with Crippen LogP contribution in [0, 0.1) is 10.1 Å². The van der Waals surface area contributed by atoms with Crippen molar-refractivity contribution >= 4 is 17.3 Å². The highest BCUT2D eigenvalue weighted by molar-refractivity contribution is 5.80. The van der Waals surface area contributed by atoms with E-state index in [4.69, 9.17) is 9.73 Å². The number of nitrogens with one attached hydrogen (secondary N) is 2. The van der Waals surface area contributed by atoms with Gasteiger partial charge >= 0.3 is 0 Å². The van der Waals surface area contributed by atoms with Gasteiger partial charge in [-0.05, 0) is 19.1 Å². The van der Waals surface area contributed by atoms with Gasteiger partial charge in [-0.1, -0.05) is 0 Å². The van der Waals surface area contributed by atoms with Crippen LogP contribution < -0.4 is 10.6 Å². The molecular weight excluding hydrogens is 374 g/mol. The summed E-state index contributed by atoms with van der Waals surface area (Å²) >= 11 is 0. The average Bonchev–Trinajstić information content (AvgIpc) is 3.17. The highest BCUT2D eigenvalue weighted by Gasteiger charge is 2.25. The Bertz CT molecular complexity index is 835. The number of morpholine rings is 1. The molecule has 1 atom stereocenters. The Labute approximate surface area is 169 Å². The van der Waals surface area contributed by atoms with Crippen LogP contribution in [0.15, 0.2) is 41.7 Å². The van der Waals surface area contributed by atoms with Crippen molar-refractivity contribution in [2.45, 2.75) is 13.0 Å². The molecule has 0 saturated carbocycles. The molecule has 1 unspecified atom stereocenters. The molecule has 1 aromatic heterocycles. The highest BCUT2D eigenvalue weighted by atomic mass is 16.6. The Morgan fingerprint density at radius 3 is 2.86 bits per heavy atom. The average molecular weight is 401 g/mol. The fourth-order valence-corrected chi connectivity index (χ4v) is 3.14. The normalized spacial score (nSPS) is 17.2. The molecule has 3 rings (SSSR count). The number of benzene rings is 1. The minimum Gasteiger partial charge on any atom is -0.383 e. The van der Waals surface area contributed by atoms with Crippen molar-refractivity contribution in [3.63, 3.8) is 0 Å². The molecule has 29 heavy (non-hydrogen) atoms. The van der Waals surface area contributed by atoms with E-state index < -0.39 is 4.92 Å². The molecule has 0 spiro atoms. The van der Waals surface area contributed by atoms with E-state index in [1.54, 1.807) is 16.8 Å². The zero-order chi connectivity index (χ0) is 20.6. The summed E-state index contributed by atoms with van der Waals surface area (Å²) in [6.45, 7) is 6.15. The lowest BCUT2D eigenvalue weighted by molar-refractivity contribution is -0.384. The number of aryl methyl sites for hydroxylation is 1. The highest BCUT2D eigenvalue weighted by Crippen LogP contribution is 2.21. The van der Waals surface area contributed by atoms with Crippen molar-refractivity contribution in [1.29, 1.82) is 0 Å². The number of nitrogens with zero attached hydrogens (tertiary/aromatic N) is 5. The maximum Gasteiger partial charge on any atom is 0.269 e. The molecule has 0 amide bonds. The van der Waals surface area contributed by atoms with E-state index in [2.05, 4.69) is 20.6 Å². The van der Waals surface area contributed by atoms with E-state index in [9.17, 15) is 10.1 Å². The molecular formula is C19H27N7O3. The number of guanidine groups is 1. The summed E-state index contributed by atoms with van der Waals surface area (Å²) in [6, 6.07) is 6.38. The summed E-state index contributed by atoms with van der Waals surface area (Å²) < 4.78 is 7.69. The fraction of sp³-hybridized carbons (Fsp3) is 0.474. The number of rotatable bonds is 7. The first-order valence-electron chi connectivity index (χ1n) is 9.68. The number of non-ortho nitro benzene ring substituents is 1. The third-order valence-electron chi connectivity index (χ3n) is 4.58. The lowest BCUT2D eigenvalue weighted by Gasteiger charge is -2.34. The van der Waals surface area contributed by atoms with Crippen molar-refractivity contribution < 1.29 is 9.66 Å². The Morgan fingerprint density at radius 2 is 2.21 bits per heavy atom. The lowest BCUT2D eigenvalue weighted by Crippen LogP contribution is -2.48. The quantitative estimate of drug-likeness (QED) is 0.239. The molecule has 0 bridgehead atoms. The number of hydrogen-bond donors (Lipinski definition) is 2. The number of aromatic nitrogens is 2. The van der Waals surface area contributed by atoms with Crippen molar-refractivity contribution in [2.24, 2.45) is 12.0 Å². The van der Waals surface area contributed by atoms with E-state index in [1.165, 1.54) is 12.1 Å². The number of anilines is 1. The molecule has 2 N–H and O–H groups in total. The molecule has 156 valence electrons. The third-order valence-corrected chi connectivity index (χ3v) is 4.58. The summed E-state index contributed by atoms with van der Waals surface area (Å²) in [5, 5.41) is 21.5. The number of nitro benzene ring substituents is 1. The van der Waals surface area contributed by atoms with Gasteiger partial charge < -0.3 is 20.3 Å². The number of nitro groups is 1. The van der Waals surface area contributed by atoms with E-state index in [0.29, 0.717) is 26.2 Å². The summed E-state index contributed by atoms with van der Waals surface area (Å²) in [5.74, 6) is 0.857. The summed E-state index contributed by atoms with van der Waals surface area (Å²) in [5.41, 5.74) is 1.98. The smallest absolute Gasteiger partial charge is 0.269 e. The maximum absolute atomic E-state index is 10.7. The largest absolute Gasteiger partial charge is 0.383 e. The predicted molar refractivity (Wildman–Crippen MR) is 111 cm³/mol.